The normalized spacial score (nSPS) is 31.6. The molecule has 0 aromatic heterocycles. The summed E-state index contributed by atoms with van der Waals surface area (Å²) in [6, 6.07) is 0.581. The average Bonchev–Trinajstić information content (AvgIpc) is 2.14. The molecule has 1 rings (SSSR count). The first-order valence-corrected chi connectivity index (χ1v) is 5.18. The molecule has 78 valence electrons. The number of ether oxygens (including phenoxy) is 1. The van der Waals surface area contributed by atoms with Crippen LogP contribution in [0, 0.1) is 5.92 Å². The predicted octanol–water partition coefficient (Wildman–Crippen LogP) is 0.772. The molecule has 0 aliphatic carbocycles. The highest BCUT2D eigenvalue weighted by Gasteiger charge is 2.18. The zero-order valence-electron chi connectivity index (χ0n) is 8.62. The second-order valence-corrected chi connectivity index (χ2v) is 4.10. The van der Waals surface area contributed by atoms with E-state index in [2.05, 4.69) is 19.2 Å². The Morgan fingerprint density at radius 3 is 3.00 bits per heavy atom. The smallest absolute Gasteiger partial charge is 0.0561 e. The van der Waals surface area contributed by atoms with Gasteiger partial charge < -0.3 is 15.2 Å². The molecule has 0 saturated carbocycles. The van der Waals surface area contributed by atoms with Gasteiger partial charge in [0.2, 0.25) is 0 Å². The lowest BCUT2D eigenvalue weighted by molar-refractivity contribution is 0.0124. The van der Waals surface area contributed by atoms with E-state index in [-0.39, 0.29) is 6.61 Å². The van der Waals surface area contributed by atoms with E-state index in [0.717, 1.165) is 26.0 Å². The number of nitrogens with one attached hydrogen (secondary N) is 1. The Labute approximate surface area is 80.5 Å². The zero-order chi connectivity index (χ0) is 9.68. The van der Waals surface area contributed by atoms with Crippen LogP contribution in [-0.4, -0.2) is 37.0 Å². The van der Waals surface area contributed by atoms with E-state index >= 15 is 0 Å². The van der Waals surface area contributed by atoms with Crippen molar-refractivity contribution in [2.45, 2.75) is 38.8 Å². The molecule has 0 amide bonds. The van der Waals surface area contributed by atoms with Crippen LogP contribution in [0.5, 0.6) is 0 Å². The maximum atomic E-state index is 8.85. The van der Waals surface area contributed by atoms with Gasteiger partial charge in [0.15, 0.2) is 0 Å². The van der Waals surface area contributed by atoms with Gasteiger partial charge in [-0.05, 0) is 25.7 Å². The standard InChI is InChI=1S/C10H21NO2/c1-8(7-12)6-11-10-3-4-13-9(2)5-10/h8-12H,3-7H2,1-2H3. The first-order valence-electron chi connectivity index (χ1n) is 5.18. The first-order chi connectivity index (χ1) is 6.22. The number of rotatable bonds is 4. The van der Waals surface area contributed by atoms with Gasteiger partial charge in [-0.1, -0.05) is 6.92 Å². The van der Waals surface area contributed by atoms with Gasteiger partial charge in [0.25, 0.3) is 0 Å². The molecule has 0 spiro atoms. The highest BCUT2D eigenvalue weighted by molar-refractivity contribution is 4.75. The van der Waals surface area contributed by atoms with Crippen molar-refractivity contribution in [2.75, 3.05) is 19.8 Å². The predicted molar refractivity (Wildman–Crippen MR) is 52.7 cm³/mol. The Morgan fingerprint density at radius 2 is 2.38 bits per heavy atom. The molecular weight excluding hydrogens is 166 g/mol. The van der Waals surface area contributed by atoms with Crippen LogP contribution in [0.2, 0.25) is 0 Å². The Bertz CT molecular complexity index is 141. The Hall–Kier alpha value is -0.120. The molecule has 3 nitrogen and oxygen atoms in total. The summed E-state index contributed by atoms with van der Waals surface area (Å²) < 4.78 is 5.45. The number of aliphatic hydroxyl groups is 1. The van der Waals surface area contributed by atoms with E-state index in [9.17, 15) is 0 Å². The largest absolute Gasteiger partial charge is 0.396 e. The maximum absolute atomic E-state index is 8.85. The Balaban J connectivity index is 2.13. The van der Waals surface area contributed by atoms with Gasteiger partial charge in [-0.15, -0.1) is 0 Å². The minimum Gasteiger partial charge on any atom is -0.396 e. The molecule has 1 aliphatic rings. The topological polar surface area (TPSA) is 41.5 Å². The van der Waals surface area contributed by atoms with Crippen LogP contribution in [0.4, 0.5) is 0 Å². The fourth-order valence-corrected chi connectivity index (χ4v) is 1.62. The van der Waals surface area contributed by atoms with Crippen molar-refractivity contribution in [1.82, 2.24) is 5.32 Å². The van der Waals surface area contributed by atoms with Crippen LogP contribution in [0.25, 0.3) is 0 Å². The lowest BCUT2D eigenvalue weighted by Crippen LogP contribution is -2.40. The number of aliphatic hydroxyl groups excluding tert-OH is 1. The Morgan fingerprint density at radius 1 is 1.62 bits per heavy atom. The fourth-order valence-electron chi connectivity index (χ4n) is 1.62. The summed E-state index contributed by atoms with van der Waals surface area (Å²) in [5, 5.41) is 12.3. The molecule has 0 aromatic rings. The zero-order valence-corrected chi connectivity index (χ0v) is 8.62. The maximum Gasteiger partial charge on any atom is 0.0561 e. The van der Waals surface area contributed by atoms with Gasteiger partial charge >= 0.3 is 0 Å². The molecule has 0 radical (unpaired) electrons. The molecule has 1 saturated heterocycles. The van der Waals surface area contributed by atoms with Gasteiger partial charge in [0.05, 0.1) is 6.10 Å². The third-order valence-electron chi connectivity index (χ3n) is 2.55. The lowest BCUT2D eigenvalue weighted by Gasteiger charge is -2.28. The van der Waals surface area contributed by atoms with Gasteiger partial charge in [-0.3, -0.25) is 0 Å². The lowest BCUT2D eigenvalue weighted by atomic mass is 10.0. The molecule has 0 bridgehead atoms. The summed E-state index contributed by atoms with van der Waals surface area (Å²) in [6.07, 6.45) is 2.58. The van der Waals surface area contributed by atoms with E-state index in [0.29, 0.717) is 18.1 Å². The molecule has 3 atom stereocenters. The summed E-state index contributed by atoms with van der Waals surface area (Å²) in [4.78, 5) is 0. The summed E-state index contributed by atoms with van der Waals surface area (Å²) in [5.74, 6) is 0.359. The first kappa shape index (κ1) is 11.0. The van der Waals surface area contributed by atoms with E-state index in [1.807, 2.05) is 0 Å². The van der Waals surface area contributed by atoms with E-state index in [1.54, 1.807) is 0 Å². The number of hydrogen-bond acceptors (Lipinski definition) is 3. The molecule has 0 aromatic carbocycles. The van der Waals surface area contributed by atoms with E-state index in [1.165, 1.54) is 0 Å². The van der Waals surface area contributed by atoms with Gasteiger partial charge in [-0.2, -0.15) is 0 Å². The highest BCUT2D eigenvalue weighted by Crippen LogP contribution is 2.13. The monoisotopic (exact) mass is 187 g/mol. The molecule has 1 aliphatic heterocycles. The Kier molecular flexibility index (Phi) is 4.70. The third kappa shape index (κ3) is 4.07. The van der Waals surface area contributed by atoms with Crippen molar-refractivity contribution in [3.8, 4) is 0 Å². The second-order valence-electron chi connectivity index (χ2n) is 4.10. The summed E-state index contributed by atoms with van der Waals surface area (Å²) >= 11 is 0. The van der Waals surface area contributed by atoms with Crippen molar-refractivity contribution in [3.05, 3.63) is 0 Å². The van der Waals surface area contributed by atoms with Crippen LogP contribution in [0.15, 0.2) is 0 Å². The molecule has 1 fully saturated rings. The molecule has 2 N–H and O–H groups in total. The van der Waals surface area contributed by atoms with Crippen LogP contribution >= 0.6 is 0 Å². The van der Waals surface area contributed by atoms with E-state index < -0.39 is 0 Å². The van der Waals surface area contributed by atoms with Crippen LogP contribution in [0.3, 0.4) is 0 Å². The minimum atomic E-state index is 0.270. The molecule has 3 heteroatoms. The fraction of sp³-hybridized carbons (Fsp3) is 1.00. The van der Waals surface area contributed by atoms with Gasteiger partial charge in [0, 0.05) is 25.8 Å². The van der Waals surface area contributed by atoms with Crippen molar-refractivity contribution >= 4 is 0 Å². The second kappa shape index (κ2) is 5.58. The molecule has 3 unspecified atom stereocenters. The van der Waals surface area contributed by atoms with Gasteiger partial charge in [-0.25, -0.2) is 0 Å². The SMILES string of the molecule is CC(CO)CNC1CCOC(C)C1. The summed E-state index contributed by atoms with van der Waals surface area (Å²) in [5.41, 5.74) is 0. The summed E-state index contributed by atoms with van der Waals surface area (Å²) in [6.45, 7) is 6.21. The van der Waals surface area contributed by atoms with Crippen molar-refractivity contribution < 1.29 is 9.84 Å². The summed E-state index contributed by atoms with van der Waals surface area (Å²) in [7, 11) is 0. The van der Waals surface area contributed by atoms with E-state index in [4.69, 9.17) is 9.84 Å². The number of hydrogen-bond donors (Lipinski definition) is 2. The molecule has 1 heterocycles. The van der Waals surface area contributed by atoms with Gasteiger partial charge in [0.1, 0.15) is 0 Å². The quantitative estimate of drug-likeness (QED) is 0.683. The third-order valence-corrected chi connectivity index (χ3v) is 2.55. The van der Waals surface area contributed by atoms with Crippen molar-refractivity contribution in [3.63, 3.8) is 0 Å². The van der Waals surface area contributed by atoms with Crippen molar-refractivity contribution in [2.24, 2.45) is 5.92 Å². The van der Waals surface area contributed by atoms with Crippen molar-refractivity contribution in [1.29, 1.82) is 0 Å². The van der Waals surface area contributed by atoms with Crippen LogP contribution < -0.4 is 5.32 Å². The van der Waals surface area contributed by atoms with Crippen LogP contribution in [-0.2, 0) is 4.74 Å². The highest BCUT2D eigenvalue weighted by atomic mass is 16.5. The molecular formula is C10H21NO2. The molecule has 13 heavy (non-hydrogen) atoms. The minimum absolute atomic E-state index is 0.270. The van der Waals surface area contributed by atoms with Crippen LogP contribution in [0.1, 0.15) is 26.7 Å². The average molecular weight is 187 g/mol.